The largest absolute Gasteiger partial charge is 0.493 e. The molecule has 0 aromatic heterocycles. The van der Waals surface area contributed by atoms with E-state index in [2.05, 4.69) is 0 Å². The number of carbonyl (C=O) groups excluding carboxylic acids is 1. The third-order valence-corrected chi connectivity index (χ3v) is 4.07. The molecular weight excluding hydrogens is 373 g/mol. The molecule has 0 saturated heterocycles. The van der Waals surface area contributed by atoms with Crippen LogP contribution in [-0.4, -0.2) is 19.0 Å². The van der Waals surface area contributed by atoms with Gasteiger partial charge in [0.15, 0.2) is 11.5 Å². The van der Waals surface area contributed by atoms with Crippen molar-refractivity contribution in [1.29, 1.82) is 5.26 Å². The molecule has 0 aliphatic heterocycles. The van der Waals surface area contributed by atoms with Crippen molar-refractivity contribution >= 4 is 35.1 Å². The van der Waals surface area contributed by atoms with Gasteiger partial charge < -0.3 is 9.47 Å². The van der Waals surface area contributed by atoms with Crippen molar-refractivity contribution in [2.45, 2.75) is 20.0 Å². The van der Waals surface area contributed by atoms with E-state index in [1.807, 2.05) is 19.9 Å². The summed E-state index contributed by atoms with van der Waals surface area (Å²) in [4.78, 5) is 12.8. The molecular formula is C20H17Cl2NO3. The van der Waals surface area contributed by atoms with Gasteiger partial charge in [-0.1, -0.05) is 41.4 Å². The molecule has 2 aromatic carbocycles. The van der Waals surface area contributed by atoms with Gasteiger partial charge in [-0.15, -0.1) is 0 Å². The van der Waals surface area contributed by atoms with Gasteiger partial charge in [0, 0.05) is 5.56 Å². The molecule has 0 aliphatic carbocycles. The number of rotatable bonds is 6. The highest BCUT2D eigenvalue weighted by atomic mass is 35.5. The van der Waals surface area contributed by atoms with Crippen LogP contribution in [0.3, 0.4) is 0 Å². The molecule has 2 aromatic rings. The average molecular weight is 390 g/mol. The van der Waals surface area contributed by atoms with Crippen LogP contribution in [0.2, 0.25) is 10.0 Å². The lowest BCUT2D eigenvalue weighted by molar-refractivity contribution is 0.104. The minimum absolute atomic E-state index is 0.0952. The number of nitriles is 1. The lowest BCUT2D eigenvalue weighted by atomic mass is 10.0. The van der Waals surface area contributed by atoms with E-state index >= 15 is 0 Å². The summed E-state index contributed by atoms with van der Waals surface area (Å²) in [6.07, 6.45) is 1.33. The van der Waals surface area contributed by atoms with Gasteiger partial charge in [0.05, 0.1) is 28.8 Å². The van der Waals surface area contributed by atoms with Crippen LogP contribution in [0.4, 0.5) is 0 Å². The number of ether oxygens (including phenoxy) is 2. The zero-order chi connectivity index (χ0) is 19.3. The van der Waals surface area contributed by atoms with Crippen LogP contribution in [0.5, 0.6) is 11.5 Å². The SMILES string of the molecule is COc1cccc(/C=C(\C#N)C(=O)c2c(Cl)cccc2Cl)c1OC(C)C. The Morgan fingerprint density at radius 3 is 2.31 bits per heavy atom. The molecule has 0 unspecified atom stereocenters. The molecule has 0 spiro atoms. The van der Waals surface area contributed by atoms with Crippen molar-refractivity contribution in [1.82, 2.24) is 0 Å². The molecule has 26 heavy (non-hydrogen) atoms. The molecule has 0 radical (unpaired) electrons. The zero-order valence-electron chi connectivity index (χ0n) is 14.5. The third-order valence-electron chi connectivity index (χ3n) is 3.44. The summed E-state index contributed by atoms with van der Waals surface area (Å²) in [5, 5.41) is 9.88. The zero-order valence-corrected chi connectivity index (χ0v) is 16.1. The minimum Gasteiger partial charge on any atom is -0.493 e. The molecule has 0 bridgehead atoms. The van der Waals surface area contributed by atoms with Crippen molar-refractivity contribution in [3.63, 3.8) is 0 Å². The molecule has 0 fully saturated rings. The van der Waals surface area contributed by atoms with Gasteiger partial charge in [0.25, 0.3) is 0 Å². The van der Waals surface area contributed by atoms with E-state index in [1.54, 1.807) is 36.4 Å². The molecule has 0 saturated carbocycles. The summed E-state index contributed by atoms with van der Waals surface area (Å²) in [6.45, 7) is 3.75. The highest BCUT2D eigenvalue weighted by molar-refractivity contribution is 6.41. The first-order chi connectivity index (χ1) is 12.4. The monoisotopic (exact) mass is 389 g/mol. The summed E-state index contributed by atoms with van der Waals surface area (Å²) in [6, 6.07) is 11.9. The molecule has 134 valence electrons. The highest BCUT2D eigenvalue weighted by Crippen LogP contribution is 2.34. The summed E-state index contributed by atoms with van der Waals surface area (Å²) in [5.41, 5.74) is 0.533. The Morgan fingerprint density at radius 1 is 1.15 bits per heavy atom. The van der Waals surface area contributed by atoms with Crippen molar-refractivity contribution in [2.24, 2.45) is 0 Å². The van der Waals surface area contributed by atoms with Crippen LogP contribution < -0.4 is 9.47 Å². The predicted molar refractivity (Wildman–Crippen MR) is 103 cm³/mol. The number of ketones is 1. The van der Waals surface area contributed by atoms with Crippen LogP contribution in [0.1, 0.15) is 29.8 Å². The van der Waals surface area contributed by atoms with Crippen molar-refractivity contribution in [3.8, 4) is 17.6 Å². The molecule has 6 heteroatoms. The molecule has 0 atom stereocenters. The second-order valence-corrected chi connectivity index (χ2v) is 6.46. The number of hydrogen-bond donors (Lipinski definition) is 0. The van der Waals surface area contributed by atoms with E-state index in [9.17, 15) is 10.1 Å². The lowest BCUT2D eigenvalue weighted by Crippen LogP contribution is -2.08. The number of Topliss-reactive ketones (excluding diaryl/α,β-unsaturated/α-hetero) is 1. The standard InChI is InChI=1S/C20H17Cl2NO3/c1-12(2)26-20-13(6-4-9-17(20)25-3)10-14(11-23)19(24)18-15(21)7-5-8-16(18)22/h4-10,12H,1-3H3/b14-10+. The Balaban J connectivity index is 2.56. The van der Waals surface area contributed by atoms with Crippen LogP contribution >= 0.6 is 23.2 Å². The van der Waals surface area contributed by atoms with Gasteiger partial charge in [-0.25, -0.2) is 0 Å². The first-order valence-electron chi connectivity index (χ1n) is 7.83. The average Bonchev–Trinajstić information content (AvgIpc) is 2.59. The number of hydrogen-bond acceptors (Lipinski definition) is 4. The number of para-hydroxylation sites is 1. The molecule has 0 aliphatic rings. The third kappa shape index (κ3) is 4.37. The second-order valence-electron chi connectivity index (χ2n) is 5.64. The predicted octanol–water partition coefficient (Wildman–Crippen LogP) is 5.58. The second kappa shape index (κ2) is 8.75. The fourth-order valence-corrected chi connectivity index (χ4v) is 2.89. The number of allylic oxidation sites excluding steroid dienone is 1. The van der Waals surface area contributed by atoms with Gasteiger partial charge >= 0.3 is 0 Å². The smallest absolute Gasteiger partial charge is 0.206 e. The maximum atomic E-state index is 12.8. The summed E-state index contributed by atoms with van der Waals surface area (Å²) in [5.74, 6) is 0.408. The van der Waals surface area contributed by atoms with Gasteiger partial charge in [0.1, 0.15) is 11.6 Å². The van der Waals surface area contributed by atoms with Gasteiger partial charge in [-0.2, -0.15) is 5.26 Å². The van der Waals surface area contributed by atoms with E-state index in [0.717, 1.165) is 0 Å². The maximum Gasteiger partial charge on any atom is 0.206 e. The number of nitrogens with zero attached hydrogens (tertiary/aromatic N) is 1. The summed E-state index contributed by atoms with van der Waals surface area (Å²) >= 11 is 12.2. The summed E-state index contributed by atoms with van der Waals surface area (Å²) < 4.78 is 11.1. The fraction of sp³-hybridized carbons (Fsp3) is 0.200. The van der Waals surface area contributed by atoms with Crippen LogP contribution in [0.15, 0.2) is 42.0 Å². The van der Waals surface area contributed by atoms with E-state index in [0.29, 0.717) is 17.1 Å². The first-order valence-corrected chi connectivity index (χ1v) is 8.58. The Bertz CT molecular complexity index is 878. The Kier molecular flexibility index (Phi) is 6.68. The summed E-state index contributed by atoms with van der Waals surface area (Å²) in [7, 11) is 1.52. The van der Waals surface area contributed by atoms with Crippen molar-refractivity contribution in [3.05, 3.63) is 63.1 Å². The van der Waals surface area contributed by atoms with Gasteiger partial charge in [0.2, 0.25) is 5.78 Å². The van der Waals surface area contributed by atoms with Crippen LogP contribution in [0, 0.1) is 11.3 Å². The highest BCUT2D eigenvalue weighted by Gasteiger charge is 2.20. The van der Waals surface area contributed by atoms with Crippen LogP contribution in [0.25, 0.3) is 6.08 Å². The van der Waals surface area contributed by atoms with Crippen LogP contribution in [-0.2, 0) is 0 Å². The molecule has 4 nitrogen and oxygen atoms in total. The molecule has 0 heterocycles. The van der Waals surface area contributed by atoms with Crippen molar-refractivity contribution < 1.29 is 14.3 Å². The number of carbonyl (C=O) groups is 1. The number of methoxy groups -OCH3 is 1. The molecule has 0 N–H and O–H groups in total. The first kappa shape index (κ1) is 19.8. The van der Waals surface area contributed by atoms with Gasteiger partial charge in [-0.3, -0.25) is 4.79 Å². The minimum atomic E-state index is -0.554. The Labute approximate surface area is 162 Å². The molecule has 2 rings (SSSR count). The maximum absolute atomic E-state index is 12.8. The van der Waals surface area contributed by atoms with E-state index in [4.69, 9.17) is 32.7 Å². The lowest BCUT2D eigenvalue weighted by Gasteiger charge is -2.16. The normalized spacial score (nSPS) is 11.2. The molecule has 0 amide bonds. The fourth-order valence-electron chi connectivity index (χ4n) is 2.32. The van der Waals surface area contributed by atoms with E-state index in [-0.39, 0.29) is 27.3 Å². The topological polar surface area (TPSA) is 59.3 Å². The Hall–Kier alpha value is -2.48. The van der Waals surface area contributed by atoms with Crippen molar-refractivity contribution in [2.75, 3.05) is 7.11 Å². The Morgan fingerprint density at radius 2 is 1.77 bits per heavy atom. The van der Waals surface area contributed by atoms with Gasteiger partial charge in [-0.05, 0) is 38.1 Å². The quantitative estimate of drug-likeness (QED) is 0.367. The number of benzene rings is 2. The van der Waals surface area contributed by atoms with E-state index < -0.39 is 5.78 Å². The van der Waals surface area contributed by atoms with E-state index in [1.165, 1.54) is 13.2 Å². The number of halogens is 2.